The molecule has 1 saturated heterocycles. The summed E-state index contributed by atoms with van der Waals surface area (Å²) in [6, 6.07) is 13.0. The average Bonchev–Trinajstić information content (AvgIpc) is 2.97. The molecule has 0 bridgehead atoms. The minimum absolute atomic E-state index is 0.122. The molecule has 0 N–H and O–H groups in total. The Kier molecular flexibility index (Phi) is 7.37. The van der Waals surface area contributed by atoms with E-state index in [1.165, 1.54) is 12.1 Å². The van der Waals surface area contributed by atoms with E-state index in [-0.39, 0.29) is 5.91 Å². The molecule has 1 fully saturated rings. The van der Waals surface area contributed by atoms with E-state index < -0.39 is 11.7 Å². The van der Waals surface area contributed by atoms with Crippen LogP contribution in [0.4, 0.5) is 13.2 Å². The van der Waals surface area contributed by atoms with Gasteiger partial charge >= 0.3 is 6.18 Å². The van der Waals surface area contributed by atoms with Crippen molar-refractivity contribution in [2.24, 2.45) is 0 Å². The molecule has 3 rings (SSSR count). The summed E-state index contributed by atoms with van der Waals surface area (Å²) in [6.45, 7) is 3.44. The van der Waals surface area contributed by atoms with Gasteiger partial charge in [0, 0.05) is 39.1 Å². The van der Waals surface area contributed by atoms with Crippen LogP contribution in [0, 0.1) is 0 Å². The van der Waals surface area contributed by atoms with Gasteiger partial charge in [0.15, 0.2) is 0 Å². The predicted molar refractivity (Wildman–Crippen MR) is 109 cm³/mol. The fourth-order valence-corrected chi connectivity index (χ4v) is 3.74. The van der Waals surface area contributed by atoms with E-state index in [0.717, 1.165) is 42.0 Å². The van der Waals surface area contributed by atoms with Crippen molar-refractivity contribution in [3.05, 3.63) is 65.2 Å². The molecule has 2 aromatic carbocycles. The number of alkyl halides is 3. The standard InChI is InChI=1S/C23H27F3N2O2/c1-30-21-6-3-2-5-19(21)9-12-22(29)28-14-4-13-27(15-16-28)17-18-7-10-20(11-8-18)23(24,25)26/h2-3,5-8,10-11H,4,9,12-17H2,1H3. The van der Waals surface area contributed by atoms with Crippen LogP contribution in [0.5, 0.6) is 5.75 Å². The molecule has 0 atom stereocenters. The largest absolute Gasteiger partial charge is 0.496 e. The van der Waals surface area contributed by atoms with Crippen molar-refractivity contribution in [3.8, 4) is 5.75 Å². The fourth-order valence-electron chi connectivity index (χ4n) is 3.74. The van der Waals surface area contributed by atoms with Gasteiger partial charge in [0.2, 0.25) is 5.91 Å². The number of aryl methyl sites for hydroxylation is 1. The van der Waals surface area contributed by atoms with Crippen molar-refractivity contribution in [1.82, 2.24) is 9.80 Å². The number of halogens is 3. The van der Waals surface area contributed by atoms with E-state index >= 15 is 0 Å². The Hall–Kier alpha value is -2.54. The summed E-state index contributed by atoms with van der Waals surface area (Å²) in [5, 5.41) is 0. The number of amides is 1. The van der Waals surface area contributed by atoms with E-state index in [1.807, 2.05) is 29.2 Å². The number of carbonyl (C=O) groups is 1. The number of rotatable bonds is 6. The van der Waals surface area contributed by atoms with Crippen LogP contribution >= 0.6 is 0 Å². The molecular weight excluding hydrogens is 393 g/mol. The monoisotopic (exact) mass is 420 g/mol. The first-order valence-corrected chi connectivity index (χ1v) is 10.1. The Labute approximate surface area is 175 Å². The van der Waals surface area contributed by atoms with Crippen LogP contribution < -0.4 is 4.74 Å². The first-order chi connectivity index (χ1) is 14.4. The highest BCUT2D eigenvalue weighted by atomic mass is 19.4. The number of hydrogen-bond acceptors (Lipinski definition) is 3. The van der Waals surface area contributed by atoms with Crippen molar-refractivity contribution >= 4 is 5.91 Å². The number of methoxy groups -OCH3 is 1. The molecule has 0 aliphatic carbocycles. The molecule has 0 aromatic heterocycles. The first kappa shape index (κ1) is 22.2. The van der Waals surface area contributed by atoms with Crippen molar-refractivity contribution in [2.75, 3.05) is 33.3 Å². The highest BCUT2D eigenvalue weighted by Crippen LogP contribution is 2.29. The molecule has 1 aliphatic rings. The first-order valence-electron chi connectivity index (χ1n) is 10.1. The van der Waals surface area contributed by atoms with E-state index in [0.29, 0.717) is 39.0 Å². The summed E-state index contributed by atoms with van der Waals surface area (Å²) >= 11 is 0. The zero-order chi connectivity index (χ0) is 21.6. The molecule has 2 aromatic rings. The topological polar surface area (TPSA) is 32.8 Å². The Bertz CT molecular complexity index is 837. The molecular formula is C23H27F3N2O2. The number of hydrogen-bond donors (Lipinski definition) is 0. The lowest BCUT2D eigenvalue weighted by Crippen LogP contribution is -2.35. The molecule has 0 spiro atoms. The van der Waals surface area contributed by atoms with Crippen LogP contribution in [0.25, 0.3) is 0 Å². The van der Waals surface area contributed by atoms with Crippen molar-refractivity contribution < 1.29 is 22.7 Å². The lowest BCUT2D eigenvalue weighted by Gasteiger charge is -2.22. The quantitative estimate of drug-likeness (QED) is 0.695. The van der Waals surface area contributed by atoms with Crippen LogP contribution in [0.3, 0.4) is 0 Å². The second kappa shape index (κ2) is 9.98. The molecule has 1 amide bonds. The molecule has 162 valence electrons. The third-order valence-corrected chi connectivity index (χ3v) is 5.43. The van der Waals surface area contributed by atoms with E-state index in [1.54, 1.807) is 7.11 Å². The summed E-state index contributed by atoms with van der Waals surface area (Å²) in [5.41, 5.74) is 1.24. The Balaban J connectivity index is 1.50. The molecule has 0 saturated carbocycles. The van der Waals surface area contributed by atoms with Gasteiger partial charge in [-0.15, -0.1) is 0 Å². The highest BCUT2D eigenvalue weighted by molar-refractivity contribution is 5.76. The number of para-hydroxylation sites is 1. The smallest absolute Gasteiger partial charge is 0.416 e. The van der Waals surface area contributed by atoms with E-state index in [9.17, 15) is 18.0 Å². The number of nitrogens with zero attached hydrogens (tertiary/aromatic N) is 2. The lowest BCUT2D eigenvalue weighted by molar-refractivity contribution is -0.137. The predicted octanol–water partition coefficient (Wildman–Crippen LogP) is 4.38. The molecule has 4 nitrogen and oxygen atoms in total. The highest BCUT2D eigenvalue weighted by Gasteiger charge is 2.30. The molecule has 1 aliphatic heterocycles. The van der Waals surface area contributed by atoms with Crippen molar-refractivity contribution in [1.29, 1.82) is 0 Å². The number of ether oxygens (including phenoxy) is 1. The van der Waals surface area contributed by atoms with Crippen molar-refractivity contribution in [2.45, 2.75) is 32.0 Å². The van der Waals surface area contributed by atoms with Gasteiger partial charge in [-0.25, -0.2) is 0 Å². The zero-order valence-corrected chi connectivity index (χ0v) is 17.1. The van der Waals surface area contributed by atoms with Gasteiger partial charge in [0.1, 0.15) is 5.75 Å². The summed E-state index contributed by atoms with van der Waals surface area (Å²) < 4.78 is 43.5. The fraction of sp³-hybridized carbons (Fsp3) is 0.435. The van der Waals surface area contributed by atoms with Gasteiger partial charge in [-0.3, -0.25) is 9.69 Å². The van der Waals surface area contributed by atoms with Gasteiger partial charge < -0.3 is 9.64 Å². The second-order valence-electron chi connectivity index (χ2n) is 7.52. The van der Waals surface area contributed by atoms with Gasteiger partial charge in [-0.2, -0.15) is 13.2 Å². The van der Waals surface area contributed by atoms with Crippen LogP contribution in [0.1, 0.15) is 29.5 Å². The maximum Gasteiger partial charge on any atom is 0.416 e. The molecule has 0 radical (unpaired) electrons. The Morgan fingerprint density at radius 1 is 1.00 bits per heavy atom. The zero-order valence-electron chi connectivity index (χ0n) is 17.1. The van der Waals surface area contributed by atoms with Crippen molar-refractivity contribution in [3.63, 3.8) is 0 Å². The molecule has 1 heterocycles. The summed E-state index contributed by atoms with van der Waals surface area (Å²) in [4.78, 5) is 16.8. The van der Waals surface area contributed by atoms with Crippen LogP contribution in [0.2, 0.25) is 0 Å². The van der Waals surface area contributed by atoms with Crippen LogP contribution in [-0.2, 0) is 23.9 Å². The number of benzene rings is 2. The van der Waals surface area contributed by atoms with Crippen LogP contribution in [0.15, 0.2) is 48.5 Å². The lowest BCUT2D eigenvalue weighted by atomic mass is 10.1. The average molecular weight is 420 g/mol. The summed E-state index contributed by atoms with van der Waals surface area (Å²) in [7, 11) is 1.63. The molecule has 7 heteroatoms. The Morgan fingerprint density at radius 2 is 1.73 bits per heavy atom. The summed E-state index contributed by atoms with van der Waals surface area (Å²) in [5.74, 6) is 0.918. The number of carbonyl (C=O) groups excluding carboxylic acids is 1. The minimum atomic E-state index is -4.31. The van der Waals surface area contributed by atoms with Gasteiger partial charge in [-0.05, 0) is 42.2 Å². The Morgan fingerprint density at radius 3 is 2.43 bits per heavy atom. The van der Waals surface area contributed by atoms with E-state index in [4.69, 9.17) is 4.74 Å². The normalized spacial score (nSPS) is 15.7. The minimum Gasteiger partial charge on any atom is -0.496 e. The summed E-state index contributed by atoms with van der Waals surface area (Å²) in [6.07, 6.45) is -2.40. The SMILES string of the molecule is COc1ccccc1CCC(=O)N1CCCN(Cc2ccc(C(F)(F)F)cc2)CC1. The molecule has 30 heavy (non-hydrogen) atoms. The maximum absolute atomic E-state index is 12.7. The second-order valence-corrected chi connectivity index (χ2v) is 7.52. The van der Waals surface area contributed by atoms with Gasteiger partial charge in [0.05, 0.1) is 12.7 Å². The maximum atomic E-state index is 12.7. The van der Waals surface area contributed by atoms with E-state index in [2.05, 4.69) is 4.90 Å². The van der Waals surface area contributed by atoms with Crippen LogP contribution in [-0.4, -0.2) is 49.0 Å². The third kappa shape index (κ3) is 5.98. The van der Waals surface area contributed by atoms with Gasteiger partial charge in [0.25, 0.3) is 0 Å². The van der Waals surface area contributed by atoms with Gasteiger partial charge in [-0.1, -0.05) is 30.3 Å². The molecule has 0 unspecified atom stereocenters. The third-order valence-electron chi connectivity index (χ3n) is 5.43.